The molecule has 30 heavy (non-hydrogen) atoms. The van der Waals surface area contributed by atoms with Gasteiger partial charge in [0.1, 0.15) is 5.69 Å². The minimum Gasteiger partial charge on any atom is -0.370 e. The van der Waals surface area contributed by atoms with Crippen molar-refractivity contribution in [1.82, 2.24) is 14.7 Å². The second kappa shape index (κ2) is 9.26. The maximum atomic E-state index is 13.5. The first-order chi connectivity index (χ1) is 14.6. The van der Waals surface area contributed by atoms with E-state index in [0.717, 1.165) is 41.9 Å². The minimum atomic E-state index is -0.277. The quantitative estimate of drug-likeness (QED) is 0.629. The third kappa shape index (κ3) is 4.79. The van der Waals surface area contributed by atoms with E-state index in [-0.39, 0.29) is 11.8 Å². The van der Waals surface area contributed by atoms with Crippen molar-refractivity contribution < 1.29 is 9.59 Å². The Labute approximate surface area is 180 Å². The van der Waals surface area contributed by atoms with Gasteiger partial charge in [0.2, 0.25) is 5.91 Å². The average molecular weight is 423 g/mol. The second-order valence-corrected chi connectivity index (χ2v) is 8.76. The van der Waals surface area contributed by atoms with Crippen LogP contribution in [0.5, 0.6) is 0 Å². The van der Waals surface area contributed by atoms with Gasteiger partial charge in [-0.05, 0) is 42.2 Å². The van der Waals surface area contributed by atoms with Gasteiger partial charge in [0.05, 0.1) is 17.0 Å². The Balaban J connectivity index is 1.57. The van der Waals surface area contributed by atoms with Gasteiger partial charge in [-0.25, -0.2) is 0 Å². The van der Waals surface area contributed by atoms with E-state index < -0.39 is 0 Å². The molecule has 2 amide bonds. The molecule has 1 aliphatic rings. The Hall–Kier alpha value is -2.93. The Morgan fingerprint density at radius 1 is 1.17 bits per heavy atom. The molecule has 6 nitrogen and oxygen atoms in total. The molecule has 1 unspecified atom stereocenters. The molecule has 1 fully saturated rings. The maximum Gasteiger partial charge on any atom is 0.257 e. The average Bonchev–Trinajstić information content (AvgIpc) is 3.42. The van der Waals surface area contributed by atoms with Gasteiger partial charge in [0.15, 0.2) is 0 Å². The van der Waals surface area contributed by atoms with Crippen LogP contribution in [0, 0.1) is 5.92 Å². The molecule has 4 rings (SSSR count). The fourth-order valence-electron chi connectivity index (χ4n) is 4.03. The van der Waals surface area contributed by atoms with Crippen molar-refractivity contribution in [1.29, 1.82) is 0 Å². The SMILES string of the molecule is NC(=O)CCC1CCCN(C(=O)c2cn(Cc3ccccc3)nc2-c2cccs2)C1. The number of carbonyl (C=O) groups is 2. The molecular weight excluding hydrogens is 396 g/mol. The third-order valence-electron chi connectivity index (χ3n) is 5.54. The smallest absolute Gasteiger partial charge is 0.257 e. The molecule has 0 radical (unpaired) electrons. The Kier molecular flexibility index (Phi) is 6.28. The summed E-state index contributed by atoms with van der Waals surface area (Å²) in [7, 11) is 0. The van der Waals surface area contributed by atoms with Gasteiger partial charge in [-0.2, -0.15) is 5.10 Å². The molecule has 1 aromatic carbocycles. The summed E-state index contributed by atoms with van der Waals surface area (Å²) in [6.45, 7) is 2.02. The van der Waals surface area contributed by atoms with Crippen molar-refractivity contribution in [2.45, 2.75) is 32.2 Å². The number of nitrogens with two attached hydrogens (primary N) is 1. The number of amides is 2. The zero-order valence-corrected chi connectivity index (χ0v) is 17.7. The van der Waals surface area contributed by atoms with Gasteiger partial charge in [0.25, 0.3) is 5.91 Å². The molecule has 156 valence electrons. The van der Waals surface area contributed by atoms with Crippen LogP contribution < -0.4 is 5.73 Å². The van der Waals surface area contributed by atoms with E-state index >= 15 is 0 Å². The maximum absolute atomic E-state index is 13.5. The van der Waals surface area contributed by atoms with Gasteiger partial charge >= 0.3 is 0 Å². The lowest BCUT2D eigenvalue weighted by Gasteiger charge is -2.32. The summed E-state index contributed by atoms with van der Waals surface area (Å²) in [5, 5.41) is 6.76. The molecule has 0 bridgehead atoms. The molecule has 0 spiro atoms. The van der Waals surface area contributed by atoms with Crippen LogP contribution in [-0.4, -0.2) is 39.6 Å². The first kappa shape index (κ1) is 20.3. The van der Waals surface area contributed by atoms with Crippen LogP contribution in [0.4, 0.5) is 0 Å². The van der Waals surface area contributed by atoms with E-state index in [1.807, 2.05) is 51.5 Å². The lowest BCUT2D eigenvalue weighted by molar-refractivity contribution is -0.118. The zero-order chi connectivity index (χ0) is 20.9. The molecule has 1 atom stereocenters. The Morgan fingerprint density at radius 3 is 2.73 bits per heavy atom. The van der Waals surface area contributed by atoms with E-state index in [1.54, 1.807) is 11.3 Å². The van der Waals surface area contributed by atoms with Crippen LogP contribution in [0.25, 0.3) is 10.6 Å². The summed E-state index contributed by atoms with van der Waals surface area (Å²) >= 11 is 1.59. The predicted octanol–water partition coefficient (Wildman–Crippen LogP) is 3.78. The summed E-state index contributed by atoms with van der Waals surface area (Å²) in [4.78, 5) is 27.5. The van der Waals surface area contributed by atoms with Gasteiger partial charge in [-0.15, -0.1) is 11.3 Å². The molecule has 3 aromatic rings. The fourth-order valence-corrected chi connectivity index (χ4v) is 4.75. The number of hydrogen-bond acceptors (Lipinski definition) is 4. The lowest BCUT2D eigenvalue weighted by Crippen LogP contribution is -2.40. The van der Waals surface area contributed by atoms with Crippen LogP contribution >= 0.6 is 11.3 Å². The number of carbonyl (C=O) groups excluding carboxylic acids is 2. The summed E-state index contributed by atoms with van der Waals surface area (Å²) < 4.78 is 1.85. The molecule has 0 saturated carbocycles. The number of piperidine rings is 1. The molecule has 1 saturated heterocycles. The van der Waals surface area contributed by atoms with Crippen LogP contribution in [0.3, 0.4) is 0 Å². The highest BCUT2D eigenvalue weighted by Crippen LogP contribution is 2.29. The zero-order valence-electron chi connectivity index (χ0n) is 16.9. The van der Waals surface area contributed by atoms with E-state index in [4.69, 9.17) is 10.8 Å². The van der Waals surface area contributed by atoms with Crippen molar-refractivity contribution in [2.75, 3.05) is 13.1 Å². The molecule has 3 heterocycles. The van der Waals surface area contributed by atoms with Gasteiger partial charge in [0, 0.05) is 25.7 Å². The highest BCUT2D eigenvalue weighted by atomic mass is 32.1. The number of likely N-dealkylation sites (tertiary alicyclic amines) is 1. The number of aromatic nitrogens is 2. The molecule has 2 N–H and O–H groups in total. The molecular formula is C23H26N4O2S. The summed E-state index contributed by atoms with van der Waals surface area (Å²) in [6, 6.07) is 14.1. The number of nitrogens with zero attached hydrogens (tertiary/aromatic N) is 3. The van der Waals surface area contributed by atoms with Gasteiger partial charge in [-0.1, -0.05) is 36.4 Å². The highest BCUT2D eigenvalue weighted by Gasteiger charge is 2.28. The monoisotopic (exact) mass is 422 g/mol. The van der Waals surface area contributed by atoms with Crippen molar-refractivity contribution >= 4 is 23.2 Å². The lowest BCUT2D eigenvalue weighted by atomic mass is 9.93. The molecule has 1 aliphatic heterocycles. The summed E-state index contributed by atoms with van der Waals surface area (Å²) in [5.41, 5.74) is 7.83. The van der Waals surface area contributed by atoms with Crippen molar-refractivity contribution in [2.24, 2.45) is 11.7 Å². The van der Waals surface area contributed by atoms with Crippen molar-refractivity contribution in [3.05, 3.63) is 65.2 Å². The van der Waals surface area contributed by atoms with Gasteiger partial charge < -0.3 is 10.6 Å². The standard InChI is InChI=1S/C23H26N4O2S/c24-21(28)11-10-18-8-4-12-26(14-18)23(29)19-16-27(15-17-6-2-1-3-7-17)25-22(19)20-9-5-13-30-20/h1-3,5-7,9,13,16,18H,4,8,10-12,14-15H2,(H2,24,28). The van der Waals surface area contributed by atoms with Crippen molar-refractivity contribution in [3.63, 3.8) is 0 Å². The van der Waals surface area contributed by atoms with E-state index in [0.29, 0.717) is 31.0 Å². The largest absolute Gasteiger partial charge is 0.370 e. The Bertz CT molecular complexity index is 998. The van der Waals surface area contributed by atoms with Crippen LogP contribution in [0.1, 0.15) is 41.6 Å². The third-order valence-corrected chi connectivity index (χ3v) is 6.42. The number of benzene rings is 1. The summed E-state index contributed by atoms with van der Waals surface area (Å²) in [6.07, 6.45) is 4.97. The fraction of sp³-hybridized carbons (Fsp3) is 0.348. The van der Waals surface area contributed by atoms with Gasteiger partial charge in [-0.3, -0.25) is 14.3 Å². The number of thiophene rings is 1. The van der Waals surface area contributed by atoms with Crippen molar-refractivity contribution in [3.8, 4) is 10.6 Å². The normalized spacial score (nSPS) is 16.5. The number of hydrogen-bond donors (Lipinski definition) is 1. The van der Waals surface area contributed by atoms with Crippen LogP contribution in [0.2, 0.25) is 0 Å². The van der Waals surface area contributed by atoms with Crippen LogP contribution in [-0.2, 0) is 11.3 Å². The Morgan fingerprint density at radius 2 is 2.00 bits per heavy atom. The minimum absolute atomic E-state index is 0.0153. The number of rotatable bonds is 7. The van der Waals surface area contributed by atoms with E-state index in [2.05, 4.69) is 12.1 Å². The summed E-state index contributed by atoms with van der Waals surface area (Å²) in [5.74, 6) is 0.0573. The molecule has 0 aliphatic carbocycles. The van der Waals surface area contributed by atoms with E-state index in [9.17, 15) is 9.59 Å². The number of primary amides is 1. The van der Waals surface area contributed by atoms with E-state index in [1.165, 1.54) is 0 Å². The first-order valence-corrected chi connectivity index (χ1v) is 11.2. The molecule has 2 aromatic heterocycles. The predicted molar refractivity (Wildman–Crippen MR) is 118 cm³/mol. The topological polar surface area (TPSA) is 81.2 Å². The highest BCUT2D eigenvalue weighted by molar-refractivity contribution is 7.13. The first-order valence-electron chi connectivity index (χ1n) is 10.3. The molecule has 7 heteroatoms. The van der Waals surface area contributed by atoms with Crippen LogP contribution in [0.15, 0.2) is 54.0 Å². The second-order valence-electron chi connectivity index (χ2n) is 7.82.